The Labute approximate surface area is 312 Å². The highest BCUT2D eigenvalue weighted by atomic mass is 31.2. The first-order chi connectivity index (χ1) is 24.8. The number of allylic oxidation sites excluding steroid dienone is 6. The maximum atomic E-state index is 12.5. The molecule has 0 fully saturated rings. The summed E-state index contributed by atoms with van der Waals surface area (Å²) < 4.78 is 32.7. The smallest absolute Gasteiger partial charge is 0.462 e. The van der Waals surface area contributed by atoms with Crippen LogP contribution in [0.5, 0.6) is 0 Å². The van der Waals surface area contributed by atoms with Crippen LogP contribution in [0.4, 0.5) is 0 Å². The highest BCUT2D eigenvalue weighted by Gasteiger charge is 2.26. The van der Waals surface area contributed by atoms with Gasteiger partial charge < -0.3 is 20.1 Å². The molecule has 1 unspecified atom stereocenters. The number of esters is 2. The van der Waals surface area contributed by atoms with E-state index in [1.807, 2.05) is 0 Å². The van der Waals surface area contributed by atoms with Crippen molar-refractivity contribution in [2.45, 2.75) is 187 Å². The zero-order valence-electron chi connectivity index (χ0n) is 32.6. The van der Waals surface area contributed by atoms with Crippen molar-refractivity contribution in [1.29, 1.82) is 0 Å². The second-order valence-corrected chi connectivity index (χ2v) is 15.0. The second-order valence-electron chi connectivity index (χ2n) is 13.5. The first kappa shape index (κ1) is 49.2. The van der Waals surface area contributed by atoms with Crippen LogP contribution in [0.25, 0.3) is 0 Å². The van der Waals surface area contributed by atoms with E-state index in [1.165, 1.54) is 89.9 Å². The fraction of sp³-hybridized carbons (Fsp3) is 0.805. The number of unbranched alkanes of at least 4 members (excludes halogenated alkanes) is 19. The lowest BCUT2D eigenvalue weighted by atomic mass is 10.0. The molecule has 0 aromatic rings. The van der Waals surface area contributed by atoms with Crippen molar-refractivity contribution < 1.29 is 37.6 Å². The summed E-state index contributed by atoms with van der Waals surface area (Å²) in [4.78, 5) is 34.8. The van der Waals surface area contributed by atoms with Crippen molar-refractivity contribution in [1.82, 2.24) is 0 Å². The highest BCUT2D eigenvalue weighted by Crippen LogP contribution is 2.43. The molecule has 0 aliphatic heterocycles. The Kier molecular flexibility index (Phi) is 36.7. The van der Waals surface area contributed by atoms with Crippen LogP contribution in [0.2, 0.25) is 0 Å². The molecule has 3 N–H and O–H groups in total. The predicted molar refractivity (Wildman–Crippen MR) is 210 cm³/mol. The summed E-state index contributed by atoms with van der Waals surface area (Å²) in [6.45, 7) is 3.67. The van der Waals surface area contributed by atoms with E-state index >= 15 is 0 Å². The van der Waals surface area contributed by atoms with E-state index in [9.17, 15) is 19.0 Å². The summed E-state index contributed by atoms with van der Waals surface area (Å²) in [6, 6.07) is 0. The van der Waals surface area contributed by atoms with Crippen molar-refractivity contribution in [3.8, 4) is 0 Å². The SMILES string of the molecule is CCCCCC=CCC=CCC=CCCCCCCC(=O)OC[C@H](COP(=O)(O)OCCN)OC(=O)CCCCCCCCCCCCCCC. The maximum absolute atomic E-state index is 12.5. The van der Waals surface area contributed by atoms with Gasteiger partial charge in [0.05, 0.1) is 13.2 Å². The average molecular weight is 742 g/mol. The minimum absolute atomic E-state index is 0.0505. The molecule has 0 spiro atoms. The Morgan fingerprint density at radius 2 is 1.02 bits per heavy atom. The van der Waals surface area contributed by atoms with Gasteiger partial charge in [0.25, 0.3) is 0 Å². The molecule has 0 aliphatic carbocycles. The minimum Gasteiger partial charge on any atom is -0.462 e. The Bertz CT molecular complexity index is 939. The first-order valence-electron chi connectivity index (χ1n) is 20.5. The van der Waals surface area contributed by atoms with Crippen molar-refractivity contribution in [2.24, 2.45) is 5.73 Å². The van der Waals surface area contributed by atoms with E-state index in [-0.39, 0.29) is 32.6 Å². The monoisotopic (exact) mass is 742 g/mol. The molecule has 51 heavy (non-hydrogen) atoms. The van der Waals surface area contributed by atoms with Crippen LogP contribution in [0.15, 0.2) is 36.5 Å². The summed E-state index contributed by atoms with van der Waals surface area (Å²) in [5.74, 6) is -0.852. The number of nitrogens with two attached hydrogens (primary N) is 1. The predicted octanol–water partition coefficient (Wildman–Crippen LogP) is 11.4. The van der Waals surface area contributed by atoms with Crippen molar-refractivity contribution in [3.05, 3.63) is 36.5 Å². The van der Waals surface area contributed by atoms with E-state index in [0.29, 0.717) is 12.8 Å². The fourth-order valence-electron chi connectivity index (χ4n) is 5.46. The van der Waals surface area contributed by atoms with Crippen molar-refractivity contribution >= 4 is 19.8 Å². The number of phosphoric ester groups is 1. The number of rotatable bonds is 38. The lowest BCUT2D eigenvalue weighted by Gasteiger charge is -2.19. The van der Waals surface area contributed by atoms with E-state index in [1.54, 1.807) is 0 Å². The van der Waals surface area contributed by atoms with Crippen molar-refractivity contribution in [2.75, 3.05) is 26.4 Å². The zero-order valence-corrected chi connectivity index (χ0v) is 33.5. The number of carbonyl (C=O) groups excluding carboxylic acids is 2. The summed E-state index contributed by atoms with van der Waals surface area (Å²) in [5, 5.41) is 0. The molecule has 9 nitrogen and oxygen atoms in total. The van der Waals surface area contributed by atoms with Crippen LogP contribution in [0, 0.1) is 0 Å². The molecule has 0 heterocycles. The lowest BCUT2D eigenvalue weighted by molar-refractivity contribution is -0.161. The topological polar surface area (TPSA) is 134 Å². The molecule has 298 valence electrons. The molecular formula is C41H76NO8P. The van der Waals surface area contributed by atoms with Gasteiger partial charge in [0, 0.05) is 19.4 Å². The molecule has 0 saturated heterocycles. The van der Waals surface area contributed by atoms with Gasteiger partial charge >= 0.3 is 19.8 Å². The third-order valence-electron chi connectivity index (χ3n) is 8.53. The molecule has 0 saturated carbocycles. The van der Waals surface area contributed by atoms with Gasteiger partial charge in [0.1, 0.15) is 6.61 Å². The van der Waals surface area contributed by atoms with Gasteiger partial charge in [-0.3, -0.25) is 18.6 Å². The molecule has 10 heteroatoms. The van der Waals surface area contributed by atoms with Crippen LogP contribution in [0.3, 0.4) is 0 Å². The van der Waals surface area contributed by atoms with Gasteiger partial charge in [-0.15, -0.1) is 0 Å². The molecule has 0 rings (SSSR count). The number of carbonyl (C=O) groups is 2. The second kappa shape index (κ2) is 38.0. The number of ether oxygens (including phenoxy) is 2. The quantitative estimate of drug-likeness (QED) is 0.0274. The third kappa shape index (κ3) is 37.8. The van der Waals surface area contributed by atoms with Gasteiger partial charge in [-0.2, -0.15) is 0 Å². The largest absolute Gasteiger partial charge is 0.472 e. The molecule has 0 aliphatic rings. The highest BCUT2D eigenvalue weighted by molar-refractivity contribution is 7.47. The fourth-order valence-corrected chi connectivity index (χ4v) is 6.23. The van der Waals surface area contributed by atoms with E-state index < -0.39 is 32.5 Å². The maximum Gasteiger partial charge on any atom is 0.472 e. The van der Waals surface area contributed by atoms with Crippen LogP contribution >= 0.6 is 7.82 Å². The molecule has 0 aromatic carbocycles. The Morgan fingerprint density at radius 1 is 0.588 bits per heavy atom. The van der Waals surface area contributed by atoms with Crippen LogP contribution < -0.4 is 5.73 Å². The molecule has 0 radical (unpaired) electrons. The summed E-state index contributed by atoms with van der Waals surface area (Å²) >= 11 is 0. The van der Waals surface area contributed by atoms with Gasteiger partial charge in [-0.25, -0.2) is 4.57 Å². The number of hydrogen-bond donors (Lipinski definition) is 2. The third-order valence-corrected chi connectivity index (χ3v) is 9.51. The first-order valence-corrected chi connectivity index (χ1v) is 22.0. The Hall–Kier alpha value is -1.77. The van der Waals surface area contributed by atoms with Gasteiger partial charge in [0.15, 0.2) is 6.10 Å². The number of phosphoric acid groups is 1. The Balaban J connectivity index is 4.22. The van der Waals surface area contributed by atoms with Crippen LogP contribution in [-0.2, 0) is 32.7 Å². The molecule has 0 amide bonds. The summed E-state index contributed by atoms with van der Waals surface area (Å²) in [6.07, 6.45) is 40.2. The van der Waals surface area contributed by atoms with Gasteiger partial charge in [-0.1, -0.05) is 153 Å². The van der Waals surface area contributed by atoms with Crippen LogP contribution in [-0.4, -0.2) is 49.3 Å². The van der Waals surface area contributed by atoms with Crippen molar-refractivity contribution in [3.63, 3.8) is 0 Å². The minimum atomic E-state index is -4.38. The van der Waals surface area contributed by atoms with E-state index in [2.05, 4.69) is 50.3 Å². The molecule has 0 aromatic heterocycles. The number of hydrogen-bond acceptors (Lipinski definition) is 8. The van der Waals surface area contributed by atoms with Gasteiger partial charge in [-0.05, 0) is 51.4 Å². The van der Waals surface area contributed by atoms with E-state index in [0.717, 1.165) is 51.4 Å². The lowest BCUT2D eigenvalue weighted by Crippen LogP contribution is -2.29. The standard InChI is InChI=1S/C41H76NO8P/c1-3-5-7-9-11-13-15-17-18-19-20-22-23-25-27-29-31-33-40(43)47-37-39(38-49-51(45,46)48-36-35-42)50-41(44)34-32-30-28-26-24-21-16-14-12-10-8-6-4-2/h11,13,17-18,20,22,39H,3-10,12,14-16,19,21,23-38,42H2,1-2H3,(H,45,46)/t39-/m1/s1. The zero-order chi connectivity index (χ0) is 37.5. The molecular weight excluding hydrogens is 665 g/mol. The molecule has 2 atom stereocenters. The average Bonchev–Trinajstić information content (AvgIpc) is 3.11. The van der Waals surface area contributed by atoms with Crippen LogP contribution in [0.1, 0.15) is 181 Å². The Morgan fingerprint density at radius 3 is 1.55 bits per heavy atom. The van der Waals surface area contributed by atoms with Gasteiger partial charge in [0.2, 0.25) is 0 Å². The molecule has 0 bridgehead atoms. The normalized spacial score (nSPS) is 13.7. The van der Waals surface area contributed by atoms with E-state index in [4.69, 9.17) is 24.3 Å². The summed E-state index contributed by atoms with van der Waals surface area (Å²) in [7, 11) is -4.38. The summed E-state index contributed by atoms with van der Waals surface area (Å²) in [5.41, 5.74) is 5.34.